The molecule has 22 heavy (non-hydrogen) atoms. The Morgan fingerprint density at radius 2 is 1.73 bits per heavy atom. The number of rotatable bonds is 6. The highest BCUT2D eigenvalue weighted by atomic mass is 16.6. The quantitative estimate of drug-likeness (QED) is 0.834. The summed E-state index contributed by atoms with van der Waals surface area (Å²) in [7, 11) is 0. The van der Waals surface area contributed by atoms with Gasteiger partial charge in [0.25, 0.3) is 0 Å². The van der Waals surface area contributed by atoms with Gasteiger partial charge >= 0.3 is 6.09 Å². The molecule has 0 aromatic heterocycles. The van der Waals surface area contributed by atoms with Crippen molar-refractivity contribution in [1.82, 2.24) is 5.32 Å². The molecule has 0 radical (unpaired) electrons. The second-order valence-electron chi connectivity index (χ2n) is 5.37. The Bertz CT molecular complexity index is 602. The zero-order valence-electron chi connectivity index (χ0n) is 12.3. The lowest BCUT2D eigenvalue weighted by molar-refractivity contribution is 0.133. The molecule has 0 bridgehead atoms. The van der Waals surface area contributed by atoms with Crippen LogP contribution in [0.5, 0.6) is 0 Å². The summed E-state index contributed by atoms with van der Waals surface area (Å²) in [4.78, 5) is 12.0. The predicted octanol–water partition coefficient (Wildman–Crippen LogP) is 3.17. The van der Waals surface area contributed by atoms with Gasteiger partial charge in [-0.15, -0.1) is 0 Å². The lowest BCUT2D eigenvalue weighted by atomic mass is 10.0. The number of carbonyl (C=O) groups excluding carboxylic acids is 1. The fourth-order valence-corrected chi connectivity index (χ4v) is 2.35. The number of amides is 1. The number of benzene rings is 2. The minimum atomic E-state index is -0.403. The van der Waals surface area contributed by atoms with Crippen LogP contribution in [0.15, 0.2) is 60.7 Å². The number of hydrogen-bond acceptors (Lipinski definition) is 3. The second kappa shape index (κ2) is 7.09. The Hall–Kier alpha value is -2.33. The zero-order valence-corrected chi connectivity index (χ0v) is 12.3. The molecule has 0 spiro atoms. The monoisotopic (exact) mass is 299 g/mol. The summed E-state index contributed by atoms with van der Waals surface area (Å²) in [5, 5.41) is 2.91. The normalized spacial score (nSPS) is 17.5. The van der Waals surface area contributed by atoms with Gasteiger partial charge in [0.15, 0.2) is 0 Å². The molecular formula is C18H21NO3. The summed E-state index contributed by atoms with van der Waals surface area (Å²) in [5.41, 5.74) is 2.14. The molecule has 1 saturated heterocycles. The minimum Gasteiger partial charge on any atom is -0.445 e. The summed E-state index contributed by atoms with van der Waals surface area (Å²) in [6.07, 6.45) is 0.427. The van der Waals surface area contributed by atoms with Crippen molar-refractivity contribution in [3.8, 4) is 0 Å². The summed E-state index contributed by atoms with van der Waals surface area (Å²) >= 11 is 0. The van der Waals surface area contributed by atoms with E-state index in [1.54, 1.807) is 0 Å². The van der Waals surface area contributed by atoms with E-state index < -0.39 is 6.09 Å². The van der Waals surface area contributed by atoms with E-state index in [1.807, 2.05) is 60.7 Å². The van der Waals surface area contributed by atoms with E-state index in [0.717, 1.165) is 12.0 Å². The molecule has 116 valence electrons. The Morgan fingerprint density at radius 3 is 2.32 bits per heavy atom. The van der Waals surface area contributed by atoms with Crippen LogP contribution in [0, 0.1) is 0 Å². The SMILES string of the molecule is O=C(NC(Cc1ccccc1)C1CO1)OCc1ccccc1.[HH]. The van der Waals surface area contributed by atoms with Crippen LogP contribution >= 0.6 is 0 Å². The molecule has 2 unspecified atom stereocenters. The van der Waals surface area contributed by atoms with Gasteiger partial charge in [0, 0.05) is 1.43 Å². The first-order chi connectivity index (χ1) is 10.8. The van der Waals surface area contributed by atoms with Crippen LogP contribution in [-0.4, -0.2) is 24.8 Å². The molecule has 4 nitrogen and oxygen atoms in total. The number of ether oxygens (including phenoxy) is 2. The van der Waals surface area contributed by atoms with Crippen molar-refractivity contribution in [3.63, 3.8) is 0 Å². The first-order valence-corrected chi connectivity index (χ1v) is 7.44. The van der Waals surface area contributed by atoms with E-state index in [-0.39, 0.29) is 20.2 Å². The van der Waals surface area contributed by atoms with E-state index in [9.17, 15) is 4.79 Å². The highest BCUT2D eigenvalue weighted by molar-refractivity contribution is 5.67. The van der Waals surface area contributed by atoms with Crippen molar-refractivity contribution >= 4 is 6.09 Å². The molecule has 1 amide bonds. The Labute approximate surface area is 131 Å². The molecule has 1 heterocycles. The molecule has 0 aliphatic carbocycles. The van der Waals surface area contributed by atoms with Crippen molar-refractivity contribution < 1.29 is 15.7 Å². The van der Waals surface area contributed by atoms with E-state index in [1.165, 1.54) is 5.56 Å². The summed E-state index contributed by atoms with van der Waals surface area (Å²) in [6, 6.07) is 19.7. The van der Waals surface area contributed by atoms with Crippen LogP contribution in [0.1, 0.15) is 12.6 Å². The molecule has 1 aliphatic rings. The van der Waals surface area contributed by atoms with Crippen molar-refractivity contribution in [3.05, 3.63) is 71.8 Å². The van der Waals surface area contributed by atoms with E-state index >= 15 is 0 Å². The third-order valence-corrected chi connectivity index (χ3v) is 3.62. The fraction of sp³-hybridized carbons (Fsp3) is 0.278. The number of alkyl carbamates (subject to hydrolysis) is 1. The number of nitrogens with one attached hydrogen (secondary N) is 1. The van der Waals surface area contributed by atoms with Gasteiger partial charge in [-0.2, -0.15) is 0 Å². The van der Waals surface area contributed by atoms with Crippen molar-refractivity contribution in [2.24, 2.45) is 0 Å². The molecule has 0 saturated carbocycles. The second-order valence-corrected chi connectivity index (χ2v) is 5.37. The van der Waals surface area contributed by atoms with E-state index in [2.05, 4.69) is 5.32 Å². The zero-order chi connectivity index (χ0) is 15.2. The molecule has 1 aliphatic heterocycles. The lowest BCUT2D eigenvalue weighted by Gasteiger charge is -2.16. The predicted molar refractivity (Wildman–Crippen MR) is 85.6 cm³/mol. The third kappa shape index (κ3) is 4.33. The highest BCUT2D eigenvalue weighted by Crippen LogP contribution is 2.18. The molecule has 2 aromatic rings. The van der Waals surface area contributed by atoms with E-state index in [4.69, 9.17) is 9.47 Å². The Kier molecular flexibility index (Phi) is 4.71. The number of epoxide rings is 1. The van der Waals surface area contributed by atoms with Crippen LogP contribution < -0.4 is 5.32 Å². The standard InChI is InChI=1S/C18H19NO3.H2/c20-18(22-12-15-9-5-2-6-10-15)19-16(17-13-21-17)11-14-7-3-1-4-8-14;/h1-10,16-17H,11-13H2,(H,19,20);1H. The van der Waals surface area contributed by atoms with Crippen LogP contribution in [0.4, 0.5) is 4.79 Å². The van der Waals surface area contributed by atoms with Gasteiger partial charge in [-0.1, -0.05) is 60.7 Å². The topological polar surface area (TPSA) is 50.9 Å². The number of carbonyl (C=O) groups is 1. The smallest absolute Gasteiger partial charge is 0.407 e. The number of hydrogen-bond donors (Lipinski definition) is 1. The first-order valence-electron chi connectivity index (χ1n) is 7.44. The summed E-state index contributed by atoms with van der Waals surface area (Å²) in [5.74, 6) is 0. The summed E-state index contributed by atoms with van der Waals surface area (Å²) < 4.78 is 10.6. The van der Waals surface area contributed by atoms with Gasteiger partial charge in [-0.3, -0.25) is 0 Å². The van der Waals surface area contributed by atoms with Crippen LogP contribution in [-0.2, 0) is 22.5 Å². The molecular weight excluding hydrogens is 278 g/mol. The maximum atomic E-state index is 12.0. The fourth-order valence-electron chi connectivity index (χ4n) is 2.35. The van der Waals surface area contributed by atoms with Crippen molar-refractivity contribution in [2.45, 2.75) is 25.2 Å². The van der Waals surface area contributed by atoms with Gasteiger partial charge < -0.3 is 14.8 Å². The molecule has 3 rings (SSSR count). The molecule has 2 aromatic carbocycles. The van der Waals surface area contributed by atoms with Crippen molar-refractivity contribution in [1.29, 1.82) is 0 Å². The van der Waals surface area contributed by atoms with Crippen LogP contribution in [0.25, 0.3) is 0 Å². The average molecular weight is 299 g/mol. The lowest BCUT2D eigenvalue weighted by Crippen LogP contribution is -2.40. The molecule has 2 atom stereocenters. The van der Waals surface area contributed by atoms with Crippen LogP contribution in [0.2, 0.25) is 0 Å². The Morgan fingerprint density at radius 1 is 1.14 bits per heavy atom. The first kappa shape index (κ1) is 14.6. The largest absolute Gasteiger partial charge is 0.445 e. The van der Waals surface area contributed by atoms with E-state index in [0.29, 0.717) is 6.61 Å². The van der Waals surface area contributed by atoms with Gasteiger partial charge in [0.2, 0.25) is 0 Å². The van der Waals surface area contributed by atoms with Crippen molar-refractivity contribution in [2.75, 3.05) is 6.61 Å². The molecule has 1 fully saturated rings. The van der Waals surface area contributed by atoms with Gasteiger partial charge in [0.1, 0.15) is 12.7 Å². The maximum absolute atomic E-state index is 12.0. The average Bonchev–Trinajstić information content (AvgIpc) is 3.39. The highest BCUT2D eigenvalue weighted by Gasteiger charge is 2.34. The van der Waals surface area contributed by atoms with Gasteiger partial charge in [-0.25, -0.2) is 4.79 Å². The molecule has 1 N–H and O–H groups in total. The van der Waals surface area contributed by atoms with Gasteiger partial charge in [0.05, 0.1) is 12.6 Å². The molecule has 4 heteroatoms. The maximum Gasteiger partial charge on any atom is 0.407 e. The summed E-state index contributed by atoms with van der Waals surface area (Å²) in [6.45, 7) is 0.965. The third-order valence-electron chi connectivity index (χ3n) is 3.62. The van der Waals surface area contributed by atoms with Crippen LogP contribution in [0.3, 0.4) is 0 Å². The minimum absolute atomic E-state index is 0. The Balaban J connectivity index is 0.00000192. The van der Waals surface area contributed by atoms with Gasteiger partial charge in [-0.05, 0) is 17.5 Å².